The SMILES string of the molecule is CC(Oc1cc(C(=O)N2CCC(N(C)C(=O)O)CC2)nc(-c2cnn3ccsc23)n1)C(C)(C)C. The summed E-state index contributed by atoms with van der Waals surface area (Å²) in [5.41, 5.74) is 0.869. The van der Waals surface area contributed by atoms with E-state index in [-0.39, 0.29) is 29.2 Å². The molecule has 0 aromatic carbocycles. The Balaban J connectivity index is 1.63. The van der Waals surface area contributed by atoms with E-state index in [1.165, 1.54) is 16.2 Å². The molecular weight excluding hydrogens is 456 g/mol. The first-order valence-electron chi connectivity index (χ1n) is 11.3. The van der Waals surface area contributed by atoms with Crippen molar-refractivity contribution in [1.82, 2.24) is 29.4 Å². The summed E-state index contributed by atoms with van der Waals surface area (Å²) in [5, 5.41) is 15.5. The van der Waals surface area contributed by atoms with Crippen LogP contribution in [0.25, 0.3) is 16.2 Å². The third-order valence-electron chi connectivity index (χ3n) is 6.41. The summed E-state index contributed by atoms with van der Waals surface area (Å²) in [7, 11) is 1.57. The van der Waals surface area contributed by atoms with E-state index in [0.717, 1.165) is 10.4 Å². The third kappa shape index (κ3) is 4.84. The van der Waals surface area contributed by atoms with Crippen molar-refractivity contribution >= 4 is 28.2 Å². The predicted molar refractivity (Wildman–Crippen MR) is 128 cm³/mol. The van der Waals surface area contributed by atoms with Gasteiger partial charge in [-0.05, 0) is 25.2 Å². The van der Waals surface area contributed by atoms with Gasteiger partial charge in [-0.3, -0.25) is 4.79 Å². The number of hydrogen-bond acceptors (Lipinski definition) is 7. The molecule has 4 heterocycles. The number of carboxylic acid groups (broad SMARTS) is 1. The van der Waals surface area contributed by atoms with Gasteiger partial charge in [0.1, 0.15) is 16.6 Å². The number of aromatic nitrogens is 4. The molecule has 1 unspecified atom stereocenters. The lowest BCUT2D eigenvalue weighted by molar-refractivity contribution is 0.0635. The fourth-order valence-electron chi connectivity index (χ4n) is 3.73. The van der Waals surface area contributed by atoms with Crippen LogP contribution in [0.3, 0.4) is 0 Å². The van der Waals surface area contributed by atoms with E-state index in [1.54, 1.807) is 28.7 Å². The number of nitrogens with zero attached hydrogens (tertiary/aromatic N) is 6. The molecular formula is C23H30N6O4S. The van der Waals surface area contributed by atoms with E-state index < -0.39 is 6.09 Å². The normalized spacial score (nSPS) is 16.0. The van der Waals surface area contributed by atoms with Gasteiger partial charge in [-0.25, -0.2) is 14.3 Å². The number of thiazole rings is 1. The fraction of sp³-hybridized carbons (Fsp3) is 0.522. The average Bonchev–Trinajstić information content (AvgIpc) is 3.41. The highest BCUT2D eigenvalue weighted by molar-refractivity contribution is 7.16. The Hall–Kier alpha value is -3.21. The monoisotopic (exact) mass is 486 g/mol. The van der Waals surface area contributed by atoms with Gasteiger partial charge in [0.25, 0.3) is 5.91 Å². The molecule has 0 bridgehead atoms. The first-order valence-corrected chi connectivity index (χ1v) is 12.1. The summed E-state index contributed by atoms with van der Waals surface area (Å²) in [6, 6.07) is 1.49. The lowest BCUT2D eigenvalue weighted by atomic mass is 9.90. The summed E-state index contributed by atoms with van der Waals surface area (Å²) < 4.78 is 7.90. The van der Waals surface area contributed by atoms with Gasteiger partial charge in [0.2, 0.25) is 5.88 Å². The minimum Gasteiger partial charge on any atom is -0.474 e. The third-order valence-corrected chi connectivity index (χ3v) is 7.30. The number of carbonyl (C=O) groups is 2. The zero-order chi connectivity index (χ0) is 24.6. The molecule has 3 aromatic heterocycles. The van der Waals surface area contributed by atoms with Crippen molar-refractivity contribution in [3.63, 3.8) is 0 Å². The maximum Gasteiger partial charge on any atom is 0.407 e. The summed E-state index contributed by atoms with van der Waals surface area (Å²) >= 11 is 1.52. The van der Waals surface area contributed by atoms with Crippen LogP contribution in [0.2, 0.25) is 0 Å². The first kappa shape index (κ1) is 23.9. The van der Waals surface area contributed by atoms with E-state index in [2.05, 4.69) is 35.8 Å². The van der Waals surface area contributed by atoms with E-state index in [1.807, 2.05) is 18.5 Å². The second-order valence-corrected chi connectivity index (χ2v) is 10.6. The molecule has 3 aromatic rings. The molecule has 1 aliphatic heterocycles. The summed E-state index contributed by atoms with van der Waals surface area (Å²) in [4.78, 5) is 37.8. The van der Waals surface area contributed by atoms with Crippen molar-refractivity contribution in [1.29, 1.82) is 0 Å². The zero-order valence-electron chi connectivity index (χ0n) is 20.1. The minimum absolute atomic E-state index is 0.103. The Morgan fingerprint density at radius 3 is 2.62 bits per heavy atom. The van der Waals surface area contributed by atoms with Crippen LogP contribution in [-0.2, 0) is 0 Å². The summed E-state index contributed by atoms with van der Waals surface area (Å²) in [5.74, 6) is 0.509. The van der Waals surface area contributed by atoms with E-state index in [4.69, 9.17) is 4.74 Å². The van der Waals surface area contributed by atoms with Gasteiger partial charge in [-0.1, -0.05) is 20.8 Å². The number of amides is 2. The molecule has 1 saturated heterocycles. The van der Waals surface area contributed by atoms with Gasteiger partial charge in [-0.2, -0.15) is 10.1 Å². The maximum absolute atomic E-state index is 13.4. The topological polar surface area (TPSA) is 113 Å². The van der Waals surface area contributed by atoms with E-state index >= 15 is 0 Å². The van der Waals surface area contributed by atoms with Gasteiger partial charge >= 0.3 is 6.09 Å². The Morgan fingerprint density at radius 2 is 1.97 bits per heavy atom. The lowest BCUT2D eigenvalue weighted by Crippen LogP contribution is -2.47. The second kappa shape index (κ2) is 9.21. The Kier molecular flexibility index (Phi) is 6.48. The number of fused-ring (bicyclic) bond motifs is 1. The van der Waals surface area contributed by atoms with Crippen LogP contribution in [0.5, 0.6) is 5.88 Å². The van der Waals surface area contributed by atoms with Crippen molar-refractivity contribution in [3.05, 3.63) is 29.5 Å². The van der Waals surface area contributed by atoms with Crippen LogP contribution in [0.4, 0.5) is 4.79 Å². The largest absolute Gasteiger partial charge is 0.474 e. The summed E-state index contributed by atoms with van der Waals surface area (Å²) in [6.07, 6.45) is 3.61. The summed E-state index contributed by atoms with van der Waals surface area (Å²) in [6.45, 7) is 9.13. The first-order chi connectivity index (χ1) is 16.0. The lowest BCUT2D eigenvalue weighted by Gasteiger charge is -2.35. The highest BCUT2D eigenvalue weighted by atomic mass is 32.1. The smallest absolute Gasteiger partial charge is 0.407 e. The molecule has 0 aliphatic carbocycles. The molecule has 1 atom stereocenters. The number of hydrogen-bond donors (Lipinski definition) is 1. The van der Waals surface area contributed by atoms with Crippen molar-refractivity contribution in [2.24, 2.45) is 5.41 Å². The fourth-order valence-corrected chi connectivity index (χ4v) is 4.52. The molecule has 182 valence electrons. The Morgan fingerprint density at radius 1 is 1.26 bits per heavy atom. The maximum atomic E-state index is 13.4. The van der Waals surface area contributed by atoms with Crippen molar-refractivity contribution < 1.29 is 19.4 Å². The number of carbonyl (C=O) groups excluding carboxylic acids is 1. The van der Waals surface area contributed by atoms with Crippen LogP contribution in [0.15, 0.2) is 23.8 Å². The molecule has 10 nitrogen and oxygen atoms in total. The number of ether oxygens (including phenoxy) is 1. The van der Waals surface area contributed by atoms with Crippen LogP contribution in [-0.4, -0.2) is 78.8 Å². The van der Waals surface area contributed by atoms with Gasteiger partial charge < -0.3 is 19.6 Å². The molecule has 0 saturated carbocycles. The van der Waals surface area contributed by atoms with Gasteiger partial charge in [0.05, 0.1) is 11.8 Å². The van der Waals surface area contributed by atoms with E-state index in [9.17, 15) is 14.7 Å². The number of piperidine rings is 1. The minimum atomic E-state index is -0.957. The molecule has 1 N–H and O–H groups in total. The molecule has 1 aliphatic rings. The molecule has 34 heavy (non-hydrogen) atoms. The van der Waals surface area contributed by atoms with Crippen LogP contribution >= 0.6 is 11.3 Å². The van der Waals surface area contributed by atoms with Gasteiger partial charge in [0, 0.05) is 43.8 Å². The number of rotatable bonds is 5. The standard InChI is InChI=1S/C23H30N6O4S/c1-14(23(2,3)4)33-18-12-17(20(30)28-8-6-15(7-9-28)27(5)22(31)32)25-19(26-18)16-13-24-29-10-11-34-21(16)29/h10-15H,6-9H2,1-5H3,(H,31,32). The second-order valence-electron chi connectivity index (χ2n) is 9.67. The molecule has 11 heteroatoms. The van der Waals surface area contributed by atoms with E-state index in [0.29, 0.717) is 37.6 Å². The van der Waals surface area contributed by atoms with Gasteiger partial charge in [-0.15, -0.1) is 11.3 Å². The molecule has 2 amide bonds. The Labute approximate surface area is 202 Å². The Bertz CT molecular complexity index is 1190. The quantitative estimate of drug-likeness (QED) is 0.582. The zero-order valence-corrected chi connectivity index (χ0v) is 20.9. The van der Waals surface area contributed by atoms with Crippen molar-refractivity contribution in [2.75, 3.05) is 20.1 Å². The molecule has 0 spiro atoms. The molecule has 1 fully saturated rings. The highest BCUT2D eigenvalue weighted by Gasteiger charge is 2.30. The molecule has 0 radical (unpaired) electrons. The van der Waals surface area contributed by atoms with Crippen LogP contribution in [0.1, 0.15) is 51.0 Å². The van der Waals surface area contributed by atoms with Crippen molar-refractivity contribution in [2.45, 2.75) is 52.7 Å². The van der Waals surface area contributed by atoms with Crippen LogP contribution in [0, 0.1) is 5.41 Å². The number of likely N-dealkylation sites (tertiary alicyclic amines) is 1. The highest BCUT2D eigenvalue weighted by Crippen LogP contribution is 2.29. The van der Waals surface area contributed by atoms with Crippen molar-refractivity contribution in [3.8, 4) is 17.3 Å². The van der Waals surface area contributed by atoms with Crippen LogP contribution < -0.4 is 4.74 Å². The molecule has 4 rings (SSSR count). The predicted octanol–water partition coefficient (Wildman–Crippen LogP) is 3.88. The van der Waals surface area contributed by atoms with Gasteiger partial charge in [0.15, 0.2) is 5.82 Å². The average molecular weight is 487 g/mol.